The minimum absolute atomic E-state index is 0.0403. The summed E-state index contributed by atoms with van der Waals surface area (Å²) in [5.41, 5.74) is 0.684. The van der Waals surface area contributed by atoms with Crippen molar-refractivity contribution in [3.05, 3.63) is 11.3 Å². The molecule has 5 heteroatoms. The summed E-state index contributed by atoms with van der Waals surface area (Å²) in [6.07, 6.45) is 2.74. The normalized spacial score (nSPS) is 23.0. The van der Waals surface area contributed by atoms with Crippen molar-refractivity contribution in [2.75, 3.05) is 0 Å². The van der Waals surface area contributed by atoms with Crippen LogP contribution in [0.15, 0.2) is 16.3 Å². The highest BCUT2D eigenvalue weighted by molar-refractivity contribution is 6.24. The highest BCUT2D eigenvalue weighted by Crippen LogP contribution is 2.23. The number of aliphatic hydroxyl groups is 1. The molecule has 1 rings (SSSR count). The Balaban J connectivity index is 3.10. The predicted molar refractivity (Wildman–Crippen MR) is 68.0 cm³/mol. The van der Waals surface area contributed by atoms with Gasteiger partial charge in [0.2, 0.25) is 0 Å². The molecule has 2 N–H and O–H groups in total. The van der Waals surface area contributed by atoms with Crippen molar-refractivity contribution in [2.45, 2.75) is 52.0 Å². The van der Waals surface area contributed by atoms with Gasteiger partial charge in [-0.25, -0.2) is 4.79 Å². The molecule has 0 aliphatic heterocycles. The van der Waals surface area contributed by atoms with Crippen LogP contribution in [0.25, 0.3) is 0 Å². The van der Waals surface area contributed by atoms with Crippen LogP contribution in [0.3, 0.4) is 0 Å². The van der Waals surface area contributed by atoms with Gasteiger partial charge < -0.3 is 10.2 Å². The van der Waals surface area contributed by atoms with Crippen LogP contribution in [0.5, 0.6) is 0 Å². The minimum atomic E-state index is -1.03. The van der Waals surface area contributed by atoms with E-state index in [0.717, 1.165) is 6.42 Å². The Morgan fingerprint density at radius 2 is 2.06 bits per heavy atom. The van der Waals surface area contributed by atoms with Gasteiger partial charge in [0, 0.05) is 12.8 Å². The molecule has 18 heavy (non-hydrogen) atoms. The van der Waals surface area contributed by atoms with E-state index in [9.17, 15) is 14.7 Å². The maximum atomic E-state index is 11.8. The van der Waals surface area contributed by atoms with E-state index < -0.39 is 12.0 Å². The van der Waals surface area contributed by atoms with Crippen molar-refractivity contribution in [3.63, 3.8) is 0 Å². The Morgan fingerprint density at radius 3 is 2.61 bits per heavy atom. The fourth-order valence-electron chi connectivity index (χ4n) is 1.93. The summed E-state index contributed by atoms with van der Waals surface area (Å²) < 4.78 is 0. The van der Waals surface area contributed by atoms with Crippen LogP contribution >= 0.6 is 0 Å². The lowest BCUT2D eigenvalue weighted by Crippen LogP contribution is -2.24. The Morgan fingerprint density at radius 1 is 1.39 bits per heavy atom. The van der Waals surface area contributed by atoms with Gasteiger partial charge in [-0.1, -0.05) is 6.92 Å². The molecule has 0 amide bonds. The summed E-state index contributed by atoms with van der Waals surface area (Å²) in [6.45, 7) is 3.36. The average molecular weight is 253 g/mol. The third-order valence-corrected chi connectivity index (χ3v) is 2.87. The van der Waals surface area contributed by atoms with Crippen LogP contribution in [0.4, 0.5) is 0 Å². The smallest absolute Gasteiger partial charge is 0.328 e. The third-order valence-electron chi connectivity index (χ3n) is 2.87. The van der Waals surface area contributed by atoms with Crippen LogP contribution in [0, 0.1) is 0 Å². The van der Waals surface area contributed by atoms with Gasteiger partial charge in [0.15, 0.2) is 5.78 Å². The fourth-order valence-corrected chi connectivity index (χ4v) is 1.93. The Bertz CT molecular complexity index is 409. The van der Waals surface area contributed by atoms with Crippen molar-refractivity contribution in [1.82, 2.24) is 0 Å². The number of rotatable bonds is 4. The van der Waals surface area contributed by atoms with E-state index in [1.165, 1.54) is 6.92 Å². The van der Waals surface area contributed by atoms with Crippen LogP contribution < -0.4 is 0 Å². The number of carbonyl (C=O) groups is 2. The Hall–Kier alpha value is -1.65. The van der Waals surface area contributed by atoms with Gasteiger partial charge in [-0.2, -0.15) is 0 Å². The summed E-state index contributed by atoms with van der Waals surface area (Å²) in [5.74, 6) is -1.13. The molecule has 5 nitrogen and oxygen atoms in total. The van der Waals surface area contributed by atoms with Crippen LogP contribution in [-0.4, -0.2) is 33.7 Å². The van der Waals surface area contributed by atoms with Gasteiger partial charge in [-0.05, 0) is 26.2 Å². The number of carboxylic acids is 1. The van der Waals surface area contributed by atoms with Gasteiger partial charge in [-0.3, -0.25) is 9.79 Å². The monoisotopic (exact) mass is 253 g/mol. The summed E-state index contributed by atoms with van der Waals surface area (Å²) in [6, 6.07) is -0.893. The molecule has 0 spiro atoms. The standard InChI is InChI=1S/C13H19NO4/c1-3-5-10(15)12-9(6-4-7-11(12)16)14-8(2)13(17)18/h8,15H,3-7H2,1-2H3,(H,17,18)/b12-10-,14-9?. The number of aliphatic carboxylic acids is 1. The number of aliphatic hydroxyl groups excluding tert-OH is 1. The number of hydrogen-bond acceptors (Lipinski definition) is 4. The third kappa shape index (κ3) is 3.42. The molecule has 0 aromatic carbocycles. The summed E-state index contributed by atoms with van der Waals surface area (Å²) in [4.78, 5) is 26.7. The summed E-state index contributed by atoms with van der Waals surface area (Å²) in [7, 11) is 0. The topological polar surface area (TPSA) is 87.0 Å². The molecular formula is C13H19NO4. The first-order chi connectivity index (χ1) is 8.47. The van der Waals surface area contributed by atoms with E-state index in [2.05, 4.69) is 4.99 Å². The molecular weight excluding hydrogens is 234 g/mol. The number of ketones is 1. The molecule has 0 radical (unpaired) electrons. The number of aliphatic imine (C=N–C) groups is 1. The van der Waals surface area contributed by atoms with Crippen molar-refractivity contribution in [2.24, 2.45) is 4.99 Å². The molecule has 0 bridgehead atoms. The second-order valence-corrected chi connectivity index (χ2v) is 4.44. The van der Waals surface area contributed by atoms with Gasteiger partial charge >= 0.3 is 5.97 Å². The SMILES string of the molecule is CCC/C(O)=C1/C(=O)CCCC1=NC(C)C(=O)O. The van der Waals surface area contributed by atoms with Crippen LogP contribution in [-0.2, 0) is 9.59 Å². The molecule has 1 unspecified atom stereocenters. The number of nitrogens with zero attached hydrogens (tertiary/aromatic N) is 1. The average Bonchev–Trinajstić information content (AvgIpc) is 2.29. The van der Waals surface area contributed by atoms with E-state index in [1.54, 1.807) is 0 Å². The summed E-state index contributed by atoms with van der Waals surface area (Å²) in [5, 5.41) is 18.7. The zero-order valence-electron chi connectivity index (χ0n) is 10.8. The number of carbonyl (C=O) groups excluding carboxylic acids is 1. The van der Waals surface area contributed by atoms with Crippen LogP contribution in [0.2, 0.25) is 0 Å². The molecule has 1 saturated carbocycles. The first-order valence-electron chi connectivity index (χ1n) is 6.22. The number of allylic oxidation sites excluding steroid dienone is 2. The fraction of sp³-hybridized carbons (Fsp3) is 0.615. The zero-order valence-corrected chi connectivity index (χ0v) is 10.8. The Kier molecular flexibility index (Phi) is 5.07. The maximum absolute atomic E-state index is 11.8. The van der Waals surface area contributed by atoms with Crippen LogP contribution in [0.1, 0.15) is 46.0 Å². The highest BCUT2D eigenvalue weighted by atomic mass is 16.4. The molecule has 0 saturated heterocycles. The van der Waals surface area contributed by atoms with E-state index in [0.29, 0.717) is 31.4 Å². The largest absolute Gasteiger partial charge is 0.511 e. The number of hydrogen-bond donors (Lipinski definition) is 2. The van der Waals surface area contributed by atoms with E-state index in [-0.39, 0.29) is 17.1 Å². The van der Waals surface area contributed by atoms with Crippen molar-refractivity contribution < 1.29 is 19.8 Å². The van der Waals surface area contributed by atoms with E-state index >= 15 is 0 Å². The van der Waals surface area contributed by atoms with E-state index in [4.69, 9.17) is 5.11 Å². The lowest BCUT2D eigenvalue weighted by atomic mass is 9.89. The first kappa shape index (κ1) is 14.4. The minimum Gasteiger partial charge on any atom is -0.511 e. The maximum Gasteiger partial charge on any atom is 0.328 e. The highest BCUT2D eigenvalue weighted by Gasteiger charge is 2.26. The molecule has 1 fully saturated rings. The number of Topliss-reactive ketones (excluding diaryl/α,β-unsaturated/α-hetero) is 1. The molecule has 1 atom stereocenters. The Labute approximate surface area is 106 Å². The summed E-state index contributed by atoms with van der Waals surface area (Å²) >= 11 is 0. The van der Waals surface area contributed by atoms with Crippen molar-refractivity contribution in [3.8, 4) is 0 Å². The second-order valence-electron chi connectivity index (χ2n) is 4.44. The second kappa shape index (κ2) is 6.33. The molecule has 0 aromatic rings. The molecule has 1 aliphatic rings. The quantitative estimate of drug-likeness (QED) is 0.594. The predicted octanol–water partition coefficient (Wildman–Crippen LogP) is 2.27. The van der Waals surface area contributed by atoms with Gasteiger partial charge in [-0.15, -0.1) is 0 Å². The van der Waals surface area contributed by atoms with Crippen molar-refractivity contribution >= 4 is 17.5 Å². The van der Waals surface area contributed by atoms with Gasteiger partial charge in [0.05, 0.1) is 11.3 Å². The van der Waals surface area contributed by atoms with E-state index in [1.807, 2.05) is 6.92 Å². The molecule has 1 aliphatic carbocycles. The lowest BCUT2D eigenvalue weighted by Gasteiger charge is -2.18. The molecule has 0 heterocycles. The van der Waals surface area contributed by atoms with Gasteiger partial charge in [0.25, 0.3) is 0 Å². The first-order valence-corrected chi connectivity index (χ1v) is 6.22. The zero-order chi connectivity index (χ0) is 13.7. The molecule has 0 aromatic heterocycles. The van der Waals surface area contributed by atoms with Gasteiger partial charge in [0.1, 0.15) is 11.8 Å². The molecule has 100 valence electrons. The number of carboxylic acid groups (broad SMARTS) is 1. The lowest BCUT2D eigenvalue weighted by molar-refractivity contribution is -0.138. The van der Waals surface area contributed by atoms with Crippen molar-refractivity contribution in [1.29, 1.82) is 0 Å².